The molecule has 5 heterocycles. The number of anilines is 3. The highest BCUT2D eigenvalue weighted by atomic mass is 16.6. The van der Waals surface area contributed by atoms with Crippen LogP contribution in [-0.4, -0.2) is 68.0 Å². The second kappa shape index (κ2) is 9.53. The summed E-state index contributed by atoms with van der Waals surface area (Å²) in [6.45, 7) is 7.59. The lowest BCUT2D eigenvalue weighted by Crippen LogP contribution is -2.51. The van der Waals surface area contributed by atoms with E-state index in [1.54, 1.807) is 6.07 Å². The summed E-state index contributed by atoms with van der Waals surface area (Å²) in [4.78, 5) is 36.3. The Hall–Kier alpha value is -3.89. The number of fused-ring (bicyclic) bond motifs is 3. The Balaban J connectivity index is 1.42. The van der Waals surface area contributed by atoms with Crippen LogP contribution in [0.3, 0.4) is 0 Å². The van der Waals surface area contributed by atoms with Crippen LogP contribution in [0.4, 0.5) is 22.2 Å². The number of amides is 1. The van der Waals surface area contributed by atoms with E-state index >= 15 is 0 Å². The maximum Gasteiger partial charge on any atom is 0.410 e. The molecule has 2 fully saturated rings. The SMILES string of the molecule is COC(=O)c1cnc2cc(Nc3cc(C)[nH]n3)nc(NC3C[C@H]4CC[C@@H](C3)N4C(=O)OC(C)(C)C)c2c1. The van der Waals surface area contributed by atoms with Crippen LogP contribution in [0.2, 0.25) is 0 Å². The number of nitrogens with one attached hydrogen (secondary N) is 3. The van der Waals surface area contributed by atoms with E-state index in [0.717, 1.165) is 31.4 Å². The molecule has 3 aromatic rings. The van der Waals surface area contributed by atoms with Crippen LogP contribution in [0.1, 0.15) is 62.5 Å². The highest BCUT2D eigenvalue weighted by Gasteiger charge is 2.45. The Kier molecular flexibility index (Phi) is 6.38. The van der Waals surface area contributed by atoms with Gasteiger partial charge in [0.15, 0.2) is 5.82 Å². The summed E-state index contributed by atoms with van der Waals surface area (Å²) < 4.78 is 10.6. The largest absolute Gasteiger partial charge is 0.465 e. The fourth-order valence-electron chi connectivity index (χ4n) is 5.24. The molecule has 2 saturated heterocycles. The molecule has 0 radical (unpaired) electrons. The van der Waals surface area contributed by atoms with Gasteiger partial charge in [0.1, 0.15) is 17.2 Å². The molecule has 1 unspecified atom stereocenters. The van der Waals surface area contributed by atoms with Crippen LogP contribution in [0.15, 0.2) is 24.4 Å². The molecule has 0 aromatic carbocycles. The van der Waals surface area contributed by atoms with E-state index < -0.39 is 11.6 Å². The molecule has 5 rings (SSSR count). The molecule has 2 aliphatic rings. The lowest BCUT2D eigenvalue weighted by Gasteiger charge is -2.39. The number of ether oxygens (including phenoxy) is 2. The number of esters is 1. The fraction of sp³-hybridized carbons (Fsp3) is 0.500. The number of hydrogen-bond acceptors (Lipinski definition) is 9. The van der Waals surface area contributed by atoms with Crippen molar-refractivity contribution in [1.29, 1.82) is 0 Å². The maximum atomic E-state index is 12.9. The maximum absolute atomic E-state index is 12.9. The molecule has 3 aromatic heterocycles. The number of aryl methyl sites for hydroxylation is 1. The number of nitrogens with zero attached hydrogens (tertiary/aromatic N) is 4. The first-order chi connectivity index (χ1) is 17.6. The van der Waals surface area contributed by atoms with Gasteiger partial charge in [-0.2, -0.15) is 5.10 Å². The van der Waals surface area contributed by atoms with E-state index in [0.29, 0.717) is 33.9 Å². The minimum Gasteiger partial charge on any atom is -0.465 e. The van der Waals surface area contributed by atoms with E-state index in [4.69, 9.17) is 14.5 Å². The fourth-order valence-corrected chi connectivity index (χ4v) is 5.24. The highest BCUT2D eigenvalue weighted by Crippen LogP contribution is 2.38. The van der Waals surface area contributed by atoms with Crippen molar-refractivity contribution in [2.24, 2.45) is 0 Å². The van der Waals surface area contributed by atoms with Gasteiger partial charge in [0.05, 0.1) is 18.2 Å². The smallest absolute Gasteiger partial charge is 0.410 e. The number of aromatic nitrogens is 4. The van der Waals surface area contributed by atoms with Gasteiger partial charge in [0.2, 0.25) is 0 Å². The number of carbonyl (C=O) groups is 2. The summed E-state index contributed by atoms with van der Waals surface area (Å²) in [6.07, 6.45) is 4.71. The molecule has 3 atom stereocenters. The number of piperidine rings is 1. The van der Waals surface area contributed by atoms with Crippen molar-refractivity contribution < 1.29 is 19.1 Å². The molecule has 2 aliphatic heterocycles. The third-order valence-electron chi connectivity index (χ3n) is 6.74. The molecule has 196 valence electrons. The Morgan fingerprint density at radius 3 is 2.46 bits per heavy atom. The molecule has 11 heteroatoms. The molecule has 37 heavy (non-hydrogen) atoms. The van der Waals surface area contributed by atoms with Crippen molar-refractivity contribution in [3.8, 4) is 0 Å². The van der Waals surface area contributed by atoms with E-state index in [9.17, 15) is 9.59 Å². The van der Waals surface area contributed by atoms with Gasteiger partial charge >= 0.3 is 12.1 Å². The summed E-state index contributed by atoms with van der Waals surface area (Å²) in [5, 5.41) is 14.7. The molecule has 0 aliphatic carbocycles. The Morgan fingerprint density at radius 1 is 1.11 bits per heavy atom. The van der Waals surface area contributed by atoms with Crippen LogP contribution in [0.5, 0.6) is 0 Å². The van der Waals surface area contributed by atoms with Crippen LogP contribution >= 0.6 is 0 Å². The van der Waals surface area contributed by atoms with Crippen molar-refractivity contribution >= 4 is 40.4 Å². The lowest BCUT2D eigenvalue weighted by molar-refractivity contribution is 0.00681. The number of pyridine rings is 2. The topological polar surface area (TPSA) is 134 Å². The van der Waals surface area contributed by atoms with Crippen molar-refractivity contribution in [2.45, 2.75) is 77.1 Å². The Labute approximate surface area is 215 Å². The average molecular weight is 508 g/mol. The van der Waals surface area contributed by atoms with Gasteiger partial charge in [0.25, 0.3) is 0 Å². The molecular weight excluding hydrogens is 474 g/mol. The summed E-state index contributed by atoms with van der Waals surface area (Å²) in [5.74, 6) is 1.37. The van der Waals surface area contributed by atoms with Crippen molar-refractivity contribution in [2.75, 3.05) is 17.7 Å². The van der Waals surface area contributed by atoms with E-state index in [1.807, 2.05) is 44.7 Å². The Bertz CT molecular complexity index is 1320. The average Bonchev–Trinajstić information content (AvgIpc) is 3.36. The molecule has 3 N–H and O–H groups in total. The molecule has 1 amide bonds. The lowest BCUT2D eigenvalue weighted by atomic mass is 9.97. The highest BCUT2D eigenvalue weighted by molar-refractivity contribution is 5.98. The van der Waals surface area contributed by atoms with Gasteiger partial charge in [-0.25, -0.2) is 14.6 Å². The minimum absolute atomic E-state index is 0.0940. The molecule has 0 saturated carbocycles. The van der Waals surface area contributed by atoms with Gasteiger partial charge in [0, 0.05) is 47.5 Å². The second-order valence-electron chi connectivity index (χ2n) is 10.8. The minimum atomic E-state index is -0.529. The van der Waals surface area contributed by atoms with Crippen LogP contribution in [0.25, 0.3) is 10.9 Å². The third-order valence-corrected chi connectivity index (χ3v) is 6.74. The Morgan fingerprint density at radius 2 is 1.84 bits per heavy atom. The van der Waals surface area contributed by atoms with Gasteiger partial charge in [-0.3, -0.25) is 10.1 Å². The summed E-state index contributed by atoms with van der Waals surface area (Å²) in [7, 11) is 1.34. The standard InChI is InChI=1S/C26H33N7O4/c1-14-8-22(32-31-14)29-21-12-20-19(9-15(13-27-20)24(34)36-5)23(30-21)28-16-10-17-6-7-18(11-16)33(17)25(35)37-26(2,3)4/h8-9,12-13,16-18H,6-7,10-11H2,1-5H3,(H3,28,29,30,31,32)/t16?,17-,18+. The van der Waals surface area contributed by atoms with Crippen molar-refractivity contribution in [3.63, 3.8) is 0 Å². The first-order valence-corrected chi connectivity index (χ1v) is 12.6. The molecule has 0 spiro atoms. The van der Waals surface area contributed by atoms with E-state index in [2.05, 4.69) is 25.8 Å². The zero-order valence-corrected chi connectivity index (χ0v) is 21.8. The number of methoxy groups -OCH3 is 1. The van der Waals surface area contributed by atoms with E-state index in [1.165, 1.54) is 13.3 Å². The molecular formula is C26H33N7O4. The zero-order valence-electron chi connectivity index (χ0n) is 21.8. The molecule has 11 nitrogen and oxygen atoms in total. The van der Waals surface area contributed by atoms with Crippen molar-refractivity contribution in [1.82, 2.24) is 25.1 Å². The number of hydrogen-bond donors (Lipinski definition) is 3. The van der Waals surface area contributed by atoms with Gasteiger partial charge in [-0.1, -0.05) is 0 Å². The summed E-state index contributed by atoms with van der Waals surface area (Å²) in [6, 6.07) is 5.76. The normalized spacial score (nSPS) is 21.1. The number of aromatic amines is 1. The predicted molar refractivity (Wildman–Crippen MR) is 139 cm³/mol. The number of H-pyrrole nitrogens is 1. The van der Waals surface area contributed by atoms with Crippen LogP contribution < -0.4 is 10.6 Å². The second-order valence-corrected chi connectivity index (χ2v) is 10.8. The van der Waals surface area contributed by atoms with Crippen LogP contribution in [0, 0.1) is 6.92 Å². The number of rotatable bonds is 5. The van der Waals surface area contributed by atoms with Gasteiger partial charge in [-0.15, -0.1) is 0 Å². The third kappa shape index (κ3) is 5.30. The van der Waals surface area contributed by atoms with Crippen molar-refractivity contribution in [3.05, 3.63) is 35.7 Å². The van der Waals surface area contributed by atoms with Gasteiger partial charge in [-0.05, 0) is 59.4 Å². The summed E-state index contributed by atoms with van der Waals surface area (Å²) in [5.41, 5.74) is 1.42. The summed E-state index contributed by atoms with van der Waals surface area (Å²) >= 11 is 0. The predicted octanol–water partition coefficient (Wildman–Crippen LogP) is 4.53. The van der Waals surface area contributed by atoms with Gasteiger partial charge < -0.3 is 25.0 Å². The van der Waals surface area contributed by atoms with Crippen LogP contribution in [-0.2, 0) is 9.47 Å². The zero-order chi connectivity index (χ0) is 26.3. The number of carbonyl (C=O) groups excluding carboxylic acids is 2. The van der Waals surface area contributed by atoms with E-state index in [-0.39, 0.29) is 24.2 Å². The first-order valence-electron chi connectivity index (χ1n) is 12.6. The molecule has 2 bridgehead atoms. The quantitative estimate of drug-likeness (QED) is 0.426. The first kappa shape index (κ1) is 24.8. The monoisotopic (exact) mass is 507 g/mol.